The molecule has 0 aromatic heterocycles. The number of rotatable bonds is 4. The molecule has 2 heteroatoms. The molecule has 0 amide bonds. The number of hydrogen-bond acceptors (Lipinski definition) is 2. The molecule has 4 rings (SSSR count). The second-order valence-electron chi connectivity index (χ2n) is 8.04. The number of nitrogens with one attached hydrogen (secondary N) is 1. The van der Waals surface area contributed by atoms with Crippen LogP contribution >= 0.6 is 0 Å². The third kappa shape index (κ3) is 2.33. The topological polar surface area (TPSA) is 15.3 Å². The summed E-state index contributed by atoms with van der Waals surface area (Å²) in [6.45, 7) is 6.28. The first-order chi connectivity index (χ1) is 9.85. The van der Waals surface area contributed by atoms with Gasteiger partial charge >= 0.3 is 0 Å². The Hall–Kier alpha value is -0.0800. The lowest BCUT2D eigenvalue weighted by atomic mass is 9.78. The number of hydrogen-bond donors (Lipinski definition) is 1. The van der Waals surface area contributed by atoms with Crippen molar-refractivity contribution in [2.45, 2.75) is 70.4 Å². The maximum atomic E-state index is 4.10. The Kier molecular flexibility index (Phi) is 3.80. The first kappa shape index (κ1) is 13.6. The highest BCUT2D eigenvalue weighted by Crippen LogP contribution is 2.58. The van der Waals surface area contributed by atoms with Crippen molar-refractivity contribution in [2.24, 2.45) is 23.7 Å². The highest BCUT2D eigenvalue weighted by atomic mass is 15.1. The maximum absolute atomic E-state index is 4.10. The molecule has 0 radical (unpaired) electrons. The summed E-state index contributed by atoms with van der Waals surface area (Å²) in [7, 11) is 0. The molecule has 2 bridgehead atoms. The molecule has 1 saturated heterocycles. The lowest BCUT2D eigenvalue weighted by Crippen LogP contribution is -2.49. The van der Waals surface area contributed by atoms with E-state index in [0.717, 1.165) is 35.8 Å². The molecule has 0 spiro atoms. The molecule has 4 fully saturated rings. The fraction of sp³-hybridized carbons (Fsp3) is 1.00. The molecule has 114 valence electrons. The lowest BCUT2D eigenvalue weighted by molar-refractivity contribution is 0.157. The summed E-state index contributed by atoms with van der Waals surface area (Å²) in [6, 6.07) is 1.72. The molecular weight excluding hydrogens is 244 g/mol. The normalized spacial score (nSPS) is 45.1. The van der Waals surface area contributed by atoms with Gasteiger partial charge in [-0.3, -0.25) is 0 Å². The largest absolute Gasteiger partial charge is 0.311 e. The van der Waals surface area contributed by atoms with E-state index >= 15 is 0 Å². The van der Waals surface area contributed by atoms with Gasteiger partial charge in [0.2, 0.25) is 0 Å². The summed E-state index contributed by atoms with van der Waals surface area (Å²) < 4.78 is 0. The Balaban J connectivity index is 1.29. The summed E-state index contributed by atoms with van der Waals surface area (Å²) in [5.41, 5.74) is 0. The third-order valence-electron chi connectivity index (χ3n) is 7.01. The zero-order valence-electron chi connectivity index (χ0n) is 13.2. The Morgan fingerprint density at radius 2 is 1.75 bits per heavy atom. The van der Waals surface area contributed by atoms with E-state index in [9.17, 15) is 0 Å². The smallest absolute Gasteiger partial charge is 0.0103 e. The molecule has 3 saturated carbocycles. The fourth-order valence-electron chi connectivity index (χ4n) is 6.20. The van der Waals surface area contributed by atoms with Crippen LogP contribution in [0.2, 0.25) is 0 Å². The van der Waals surface area contributed by atoms with Crippen molar-refractivity contribution in [3.63, 3.8) is 0 Å². The Morgan fingerprint density at radius 3 is 2.55 bits per heavy atom. The molecule has 0 aromatic rings. The van der Waals surface area contributed by atoms with Gasteiger partial charge in [0, 0.05) is 12.1 Å². The zero-order valence-corrected chi connectivity index (χ0v) is 13.2. The molecule has 1 N–H and O–H groups in total. The minimum Gasteiger partial charge on any atom is -0.311 e. The van der Waals surface area contributed by atoms with E-state index in [2.05, 4.69) is 17.1 Å². The minimum absolute atomic E-state index is 0.826. The van der Waals surface area contributed by atoms with Crippen LogP contribution in [0, 0.1) is 23.7 Å². The van der Waals surface area contributed by atoms with Crippen LogP contribution in [0.5, 0.6) is 0 Å². The average Bonchev–Trinajstić information content (AvgIpc) is 3.13. The van der Waals surface area contributed by atoms with Crippen molar-refractivity contribution in [2.75, 3.05) is 19.6 Å². The second kappa shape index (κ2) is 5.61. The monoisotopic (exact) mass is 276 g/mol. The quantitative estimate of drug-likeness (QED) is 0.848. The van der Waals surface area contributed by atoms with E-state index in [-0.39, 0.29) is 0 Å². The third-order valence-corrected chi connectivity index (χ3v) is 7.01. The second-order valence-corrected chi connectivity index (χ2v) is 8.04. The number of nitrogens with zero attached hydrogens (tertiary/aromatic N) is 1. The fourth-order valence-corrected chi connectivity index (χ4v) is 6.20. The predicted molar refractivity (Wildman–Crippen MR) is 83.7 cm³/mol. The van der Waals surface area contributed by atoms with Gasteiger partial charge < -0.3 is 10.2 Å². The number of likely N-dealkylation sites (tertiary alicyclic amines) is 1. The minimum atomic E-state index is 0.826. The van der Waals surface area contributed by atoms with E-state index in [0.29, 0.717) is 0 Å². The van der Waals surface area contributed by atoms with Crippen LogP contribution in [0.25, 0.3) is 0 Å². The summed E-state index contributed by atoms with van der Waals surface area (Å²) in [5, 5.41) is 4.10. The van der Waals surface area contributed by atoms with Crippen molar-refractivity contribution in [3.8, 4) is 0 Å². The summed E-state index contributed by atoms with van der Waals surface area (Å²) >= 11 is 0. The first-order valence-corrected chi connectivity index (χ1v) is 9.33. The van der Waals surface area contributed by atoms with Gasteiger partial charge in [-0.1, -0.05) is 13.3 Å². The van der Waals surface area contributed by atoms with Gasteiger partial charge in [-0.05, 0) is 88.3 Å². The first-order valence-electron chi connectivity index (χ1n) is 9.33. The van der Waals surface area contributed by atoms with Crippen LogP contribution in [-0.4, -0.2) is 36.6 Å². The van der Waals surface area contributed by atoms with Crippen molar-refractivity contribution >= 4 is 0 Å². The predicted octanol–water partition coefficient (Wildman–Crippen LogP) is 3.28. The van der Waals surface area contributed by atoms with E-state index in [1.165, 1.54) is 51.7 Å². The standard InChI is InChI=1S/C18H32N2/c1-2-8-20-9-6-14(7-10-20)19-18-12-13-11-17(18)16-5-3-4-15(13)16/h13-19H,2-12H2,1H3. The van der Waals surface area contributed by atoms with Crippen molar-refractivity contribution in [1.82, 2.24) is 10.2 Å². The molecule has 4 aliphatic rings. The summed E-state index contributed by atoms with van der Waals surface area (Å²) in [5.74, 6) is 4.42. The van der Waals surface area contributed by atoms with E-state index in [1.54, 1.807) is 19.3 Å². The Bertz CT molecular complexity index is 334. The Labute approximate surface area is 124 Å². The number of piperidine rings is 1. The highest BCUT2D eigenvalue weighted by molar-refractivity contribution is 5.06. The van der Waals surface area contributed by atoms with Crippen molar-refractivity contribution < 1.29 is 0 Å². The summed E-state index contributed by atoms with van der Waals surface area (Å²) in [6.07, 6.45) is 11.8. The molecule has 1 aliphatic heterocycles. The molecule has 5 atom stereocenters. The molecule has 20 heavy (non-hydrogen) atoms. The van der Waals surface area contributed by atoms with E-state index < -0.39 is 0 Å². The molecule has 3 aliphatic carbocycles. The van der Waals surface area contributed by atoms with Crippen LogP contribution in [0.4, 0.5) is 0 Å². The van der Waals surface area contributed by atoms with Crippen LogP contribution in [-0.2, 0) is 0 Å². The van der Waals surface area contributed by atoms with Crippen molar-refractivity contribution in [1.29, 1.82) is 0 Å². The van der Waals surface area contributed by atoms with Gasteiger partial charge in [0.1, 0.15) is 0 Å². The zero-order chi connectivity index (χ0) is 13.5. The molecule has 0 aromatic carbocycles. The van der Waals surface area contributed by atoms with E-state index in [1.807, 2.05) is 0 Å². The van der Waals surface area contributed by atoms with Crippen LogP contribution in [0.1, 0.15) is 58.3 Å². The van der Waals surface area contributed by atoms with Gasteiger partial charge in [0.15, 0.2) is 0 Å². The van der Waals surface area contributed by atoms with Crippen molar-refractivity contribution in [3.05, 3.63) is 0 Å². The van der Waals surface area contributed by atoms with E-state index in [4.69, 9.17) is 0 Å². The summed E-state index contributed by atoms with van der Waals surface area (Å²) in [4.78, 5) is 2.66. The van der Waals surface area contributed by atoms with Gasteiger partial charge in [-0.2, -0.15) is 0 Å². The van der Waals surface area contributed by atoms with Gasteiger partial charge in [0.25, 0.3) is 0 Å². The number of fused-ring (bicyclic) bond motifs is 5. The van der Waals surface area contributed by atoms with Crippen LogP contribution in [0.3, 0.4) is 0 Å². The SMILES string of the molecule is CCCN1CCC(NC2CC3CC2C2CCCC32)CC1. The lowest BCUT2D eigenvalue weighted by Gasteiger charge is -2.38. The maximum Gasteiger partial charge on any atom is 0.0103 e. The molecular formula is C18H32N2. The molecule has 1 heterocycles. The average molecular weight is 276 g/mol. The molecule has 2 nitrogen and oxygen atoms in total. The molecule has 5 unspecified atom stereocenters. The Morgan fingerprint density at radius 1 is 0.950 bits per heavy atom. The van der Waals surface area contributed by atoms with Gasteiger partial charge in [-0.15, -0.1) is 0 Å². The highest BCUT2D eigenvalue weighted by Gasteiger charge is 2.53. The van der Waals surface area contributed by atoms with Gasteiger partial charge in [-0.25, -0.2) is 0 Å². The van der Waals surface area contributed by atoms with Crippen LogP contribution < -0.4 is 5.32 Å². The van der Waals surface area contributed by atoms with Gasteiger partial charge in [0.05, 0.1) is 0 Å². The van der Waals surface area contributed by atoms with Crippen LogP contribution in [0.15, 0.2) is 0 Å².